The van der Waals surface area contributed by atoms with Gasteiger partial charge in [-0.15, -0.1) is 0 Å². The first-order valence-electron chi connectivity index (χ1n) is 3.01. The summed E-state index contributed by atoms with van der Waals surface area (Å²) in [6, 6.07) is 0. The highest BCUT2D eigenvalue weighted by Crippen LogP contribution is 2.34. The van der Waals surface area contributed by atoms with Gasteiger partial charge >= 0.3 is 0 Å². The van der Waals surface area contributed by atoms with Crippen LogP contribution in [0.2, 0.25) is 0 Å². The number of hydrogen-bond acceptors (Lipinski definition) is 1. The highest BCUT2D eigenvalue weighted by molar-refractivity contribution is 5.74. The van der Waals surface area contributed by atoms with E-state index in [0.29, 0.717) is 0 Å². The van der Waals surface area contributed by atoms with Crippen LogP contribution < -0.4 is 0 Å². The predicted octanol–water partition coefficient (Wildman–Crippen LogP) is 1.99. The maximum absolute atomic E-state index is 6.81. The molecule has 0 aromatic rings. The van der Waals surface area contributed by atoms with E-state index in [4.69, 9.17) is 5.41 Å². The van der Waals surface area contributed by atoms with Crippen LogP contribution in [-0.2, 0) is 0 Å². The first-order valence-corrected chi connectivity index (χ1v) is 3.01. The van der Waals surface area contributed by atoms with Gasteiger partial charge in [-0.2, -0.15) is 0 Å². The number of rotatable bonds is 3. The van der Waals surface area contributed by atoms with E-state index in [1.807, 2.05) is 0 Å². The van der Waals surface area contributed by atoms with Crippen molar-refractivity contribution in [1.82, 2.24) is 0 Å². The Labute approximate surface area is 49.9 Å². The lowest BCUT2D eigenvalue weighted by atomic mass is 10.2. The fraction of sp³-hybridized carbons (Fsp3) is 0.571. The maximum Gasteiger partial charge on any atom is 0.0204 e. The third kappa shape index (κ3) is 1.49. The van der Waals surface area contributed by atoms with E-state index in [-0.39, 0.29) is 0 Å². The molecule has 0 heterocycles. The topological polar surface area (TPSA) is 23.9 Å². The van der Waals surface area contributed by atoms with E-state index < -0.39 is 0 Å². The lowest BCUT2D eigenvalue weighted by Gasteiger charge is -1.91. The highest BCUT2D eigenvalue weighted by atomic mass is 14.3. The van der Waals surface area contributed by atoms with Crippen LogP contribution >= 0.6 is 0 Å². The molecule has 1 nitrogen and oxygen atoms in total. The van der Waals surface area contributed by atoms with Crippen molar-refractivity contribution in [3.05, 3.63) is 12.2 Å². The van der Waals surface area contributed by atoms with Crippen molar-refractivity contribution in [3.8, 4) is 0 Å². The molecule has 0 aromatic heterocycles. The van der Waals surface area contributed by atoms with E-state index in [1.165, 1.54) is 19.1 Å². The minimum atomic E-state index is 0.879. The summed E-state index contributed by atoms with van der Waals surface area (Å²) in [5.74, 6) is 0.879. The van der Waals surface area contributed by atoms with Crippen molar-refractivity contribution in [2.75, 3.05) is 0 Å². The number of hydrogen-bond donors (Lipinski definition) is 1. The summed E-state index contributed by atoms with van der Waals surface area (Å²) < 4.78 is 0. The molecule has 1 fully saturated rings. The van der Waals surface area contributed by atoms with Crippen LogP contribution in [0.25, 0.3) is 0 Å². The second kappa shape index (κ2) is 2.12. The van der Waals surface area contributed by atoms with Crippen LogP contribution in [0.3, 0.4) is 0 Å². The van der Waals surface area contributed by atoms with Gasteiger partial charge in [0.1, 0.15) is 0 Å². The average Bonchev–Trinajstić information content (AvgIpc) is 2.50. The van der Waals surface area contributed by atoms with Crippen LogP contribution in [0.15, 0.2) is 12.2 Å². The summed E-state index contributed by atoms with van der Waals surface area (Å²) >= 11 is 0. The van der Waals surface area contributed by atoms with Crippen LogP contribution in [0, 0.1) is 11.3 Å². The predicted molar refractivity (Wildman–Crippen MR) is 35.3 cm³/mol. The van der Waals surface area contributed by atoms with Crippen molar-refractivity contribution in [2.45, 2.75) is 19.3 Å². The largest absolute Gasteiger partial charge is 0.308 e. The molecular formula is C7H11N. The quantitative estimate of drug-likeness (QED) is 0.536. The van der Waals surface area contributed by atoms with Crippen LogP contribution in [-0.4, -0.2) is 6.21 Å². The molecule has 1 heteroatoms. The molecular weight excluding hydrogens is 98.1 g/mol. The monoisotopic (exact) mass is 109 g/mol. The molecule has 0 atom stereocenters. The third-order valence-corrected chi connectivity index (χ3v) is 1.45. The SMILES string of the molecule is C=C(C=N)CC1CC1. The van der Waals surface area contributed by atoms with Gasteiger partial charge in [0, 0.05) is 6.21 Å². The van der Waals surface area contributed by atoms with Gasteiger partial charge in [0.05, 0.1) is 0 Å². The summed E-state index contributed by atoms with van der Waals surface area (Å²) in [7, 11) is 0. The van der Waals surface area contributed by atoms with Crippen molar-refractivity contribution in [2.24, 2.45) is 5.92 Å². The molecule has 1 rings (SSSR count). The minimum absolute atomic E-state index is 0.879. The second-order valence-corrected chi connectivity index (χ2v) is 2.45. The standard InChI is InChI=1S/C7H11N/c1-6(5-8)4-7-2-3-7/h5,7-8H,1-4H2. The molecule has 44 valence electrons. The summed E-state index contributed by atoms with van der Waals surface area (Å²) in [6.07, 6.45) is 5.13. The maximum atomic E-state index is 6.81. The van der Waals surface area contributed by atoms with Crippen molar-refractivity contribution in [3.63, 3.8) is 0 Å². The van der Waals surface area contributed by atoms with Crippen LogP contribution in [0.4, 0.5) is 0 Å². The zero-order chi connectivity index (χ0) is 5.98. The van der Waals surface area contributed by atoms with Gasteiger partial charge < -0.3 is 5.41 Å². The van der Waals surface area contributed by atoms with Gasteiger partial charge in [0.2, 0.25) is 0 Å². The molecule has 1 aliphatic carbocycles. The van der Waals surface area contributed by atoms with E-state index >= 15 is 0 Å². The molecule has 0 radical (unpaired) electrons. The minimum Gasteiger partial charge on any atom is -0.308 e. The smallest absolute Gasteiger partial charge is 0.0204 e. The Morgan fingerprint density at radius 2 is 2.38 bits per heavy atom. The molecule has 0 unspecified atom stereocenters. The Bertz CT molecular complexity index is 112. The van der Waals surface area contributed by atoms with Gasteiger partial charge in [-0.3, -0.25) is 0 Å². The zero-order valence-electron chi connectivity index (χ0n) is 4.98. The summed E-state index contributed by atoms with van der Waals surface area (Å²) in [5.41, 5.74) is 0.979. The Morgan fingerprint density at radius 3 is 2.75 bits per heavy atom. The van der Waals surface area contributed by atoms with E-state index in [9.17, 15) is 0 Å². The normalized spacial score (nSPS) is 18.0. The summed E-state index contributed by atoms with van der Waals surface area (Å²) in [6.45, 7) is 3.71. The zero-order valence-corrected chi connectivity index (χ0v) is 4.98. The van der Waals surface area contributed by atoms with Crippen molar-refractivity contribution in [1.29, 1.82) is 5.41 Å². The summed E-state index contributed by atoms with van der Waals surface area (Å²) in [4.78, 5) is 0. The molecule has 0 bridgehead atoms. The lowest BCUT2D eigenvalue weighted by Crippen LogP contribution is -1.81. The number of nitrogens with one attached hydrogen (secondary N) is 1. The van der Waals surface area contributed by atoms with Crippen LogP contribution in [0.1, 0.15) is 19.3 Å². The van der Waals surface area contributed by atoms with Crippen LogP contribution in [0.5, 0.6) is 0 Å². The Balaban J connectivity index is 2.16. The molecule has 1 aliphatic rings. The van der Waals surface area contributed by atoms with E-state index in [2.05, 4.69) is 6.58 Å². The molecule has 1 N–H and O–H groups in total. The average molecular weight is 109 g/mol. The van der Waals surface area contributed by atoms with Gasteiger partial charge in [-0.25, -0.2) is 0 Å². The fourth-order valence-corrected chi connectivity index (χ4v) is 0.752. The summed E-state index contributed by atoms with van der Waals surface area (Å²) in [5, 5.41) is 6.81. The van der Waals surface area contributed by atoms with Gasteiger partial charge in [0.15, 0.2) is 0 Å². The molecule has 8 heavy (non-hydrogen) atoms. The van der Waals surface area contributed by atoms with Gasteiger partial charge in [-0.05, 0) is 30.8 Å². The molecule has 0 saturated heterocycles. The third-order valence-electron chi connectivity index (χ3n) is 1.45. The molecule has 0 amide bonds. The first kappa shape index (κ1) is 5.54. The highest BCUT2D eigenvalue weighted by Gasteiger charge is 2.20. The van der Waals surface area contributed by atoms with Crippen molar-refractivity contribution < 1.29 is 0 Å². The molecule has 0 spiro atoms. The Morgan fingerprint density at radius 1 is 1.75 bits per heavy atom. The van der Waals surface area contributed by atoms with E-state index in [1.54, 1.807) is 0 Å². The first-order chi connectivity index (χ1) is 3.83. The molecule has 0 aliphatic heterocycles. The Hall–Kier alpha value is -0.590. The Kier molecular flexibility index (Phi) is 1.47. The lowest BCUT2D eigenvalue weighted by molar-refractivity contribution is 0.848. The van der Waals surface area contributed by atoms with Crippen molar-refractivity contribution >= 4 is 6.21 Å². The van der Waals surface area contributed by atoms with E-state index in [0.717, 1.165) is 17.9 Å². The number of allylic oxidation sites excluding steroid dienone is 1. The van der Waals surface area contributed by atoms with Gasteiger partial charge in [-0.1, -0.05) is 6.58 Å². The molecule has 0 aromatic carbocycles. The second-order valence-electron chi connectivity index (χ2n) is 2.45. The molecule has 1 saturated carbocycles. The fourth-order valence-electron chi connectivity index (χ4n) is 0.752. The van der Waals surface area contributed by atoms with Gasteiger partial charge in [0.25, 0.3) is 0 Å².